The number of ketones is 2. The van der Waals surface area contributed by atoms with Crippen LogP contribution in [0.2, 0.25) is 0 Å². The number of nitrogen functional groups attached to an aromatic ring is 1. The van der Waals surface area contributed by atoms with Crippen LogP contribution in [0.4, 0.5) is 5.82 Å². The topological polar surface area (TPSA) is 211 Å². The smallest absolute Gasteiger partial charge is 0.175 e. The number of hydrogen-bond acceptors (Lipinski definition) is 15. The van der Waals surface area contributed by atoms with E-state index in [1.807, 2.05) is 94.1 Å². The van der Waals surface area contributed by atoms with Crippen molar-refractivity contribution >= 4 is 63.2 Å². The third-order valence-electron chi connectivity index (χ3n) is 10.2. The number of aryl methyl sites for hydroxylation is 4. The van der Waals surface area contributed by atoms with Gasteiger partial charge in [0, 0.05) is 24.2 Å². The van der Waals surface area contributed by atoms with Gasteiger partial charge < -0.3 is 38.8 Å². The number of carbonyl (C=O) groups is 2. The summed E-state index contributed by atoms with van der Waals surface area (Å²) >= 11 is 2.85. The number of hydrogen-bond donors (Lipinski definition) is 3. The number of methoxy groups -OCH3 is 4. The van der Waals surface area contributed by atoms with E-state index in [-0.39, 0.29) is 17.1 Å². The number of aromatic amines is 1. The van der Waals surface area contributed by atoms with Gasteiger partial charge in [0.1, 0.15) is 34.8 Å². The van der Waals surface area contributed by atoms with Crippen LogP contribution in [0.25, 0.3) is 22.3 Å². The normalized spacial score (nSPS) is 11.0. The van der Waals surface area contributed by atoms with Crippen molar-refractivity contribution in [3.8, 4) is 23.0 Å². The van der Waals surface area contributed by atoms with Crippen LogP contribution in [0, 0.1) is 5.41 Å². The van der Waals surface area contributed by atoms with Crippen molar-refractivity contribution in [3.05, 3.63) is 125 Å². The average molecular weight is 899 g/mol. The third-order valence-corrected chi connectivity index (χ3v) is 12.1. The number of anilines is 1. The molecule has 16 nitrogen and oxygen atoms in total. The summed E-state index contributed by atoms with van der Waals surface area (Å²) < 4.78 is 25.6. The predicted molar refractivity (Wildman–Crippen MR) is 245 cm³/mol. The number of rotatable bonds is 16. The first-order chi connectivity index (χ1) is 31.0. The molecule has 18 heteroatoms. The molecule has 0 aliphatic carbocycles. The Balaban J connectivity index is 0.000000191. The fraction of sp³-hybridized carbons (Fsp3) is 0.217. The number of Topliss-reactive ketones (excluding diaryl/α,β-unsaturated/α-hetero) is 2. The largest absolute Gasteiger partial charge is 0.497 e. The fourth-order valence-electron chi connectivity index (χ4n) is 6.62. The number of imidazole rings is 2. The standard InChI is InChI=1S/2C23H23N5O3S/c1-14(29)16-6-4-15(5-7-16)10-11-28-13-25-21(24)20-22(28)27-23(26-20)32-19-12-17(30-2)8-9-18(19)31-3;1-14(29)16-6-4-15(5-7-16)10-11-28-22-20(21(24)25-13-26-22)27-23(28)32-19-12-17(30-2)8-9-18(19)31-3/h4-9,12-13,24H,10-11H2,1-3H3,(H,26,27);4-9,12-13H,10-11H2,1-3H3,(H2,24,25,26). The molecule has 0 radical (unpaired) electrons. The molecule has 0 unspecified atom stereocenters. The number of H-pyrrole nitrogens is 1. The van der Waals surface area contributed by atoms with Crippen molar-refractivity contribution in [2.45, 2.75) is 59.9 Å². The lowest BCUT2D eigenvalue weighted by molar-refractivity contribution is 0.100. The molecule has 0 aliphatic rings. The van der Waals surface area contributed by atoms with E-state index >= 15 is 0 Å². The van der Waals surface area contributed by atoms with E-state index in [4.69, 9.17) is 40.1 Å². The van der Waals surface area contributed by atoms with Crippen molar-refractivity contribution in [2.75, 3.05) is 34.2 Å². The summed E-state index contributed by atoms with van der Waals surface area (Å²) in [6.07, 6.45) is 4.56. The molecule has 0 spiro atoms. The summed E-state index contributed by atoms with van der Waals surface area (Å²) in [4.78, 5) is 50.1. The number of nitrogens with two attached hydrogens (primary N) is 1. The zero-order valence-corrected chi connectivity index (χ0v) is 37.7. The van der Waals surface area contributed by atoms with Gasteiger partial charge in [-0.25, -0.2) is 24.9 Å². The first kappa shape index (κ1) is 44.9. The number of carbonyl (C=O) groups excluding carboxylic acids is 2. The van der Waals surface area contributed by atoms with Crippen LogP contribution in [0.1, 0.15) is 45.7 Å². The first-order valence-electron chi connectivity index (χ1n) is 19.9. The third kappa shape index (κ3) is 10.4. The molecule has 0 saturated carbocycles. The Bertz CT molecular complexity index is 3000. The van der Waals surface area contributed by atoms with E-state index in [1.165, 1.54) is 29.9 Å². The van der Waals surface area contributed by atoms with Gasteiger partial charge in [-0.3, -0.25) is 15.0 Å². The number of fused-ring (bicyclic) bond motifs is 2. The second-order valence-corrected chi connectivity index (χ2v) is 16.3. The molecule has 0 saturated heterocycles. The molecule has 0 aliphatic heterocycles. The Morgan fingerprint density at radius 2 is 1.25 bits per heavy atom. The number of benzene rings is 4. The molecule has 4 heterocycles. The summed E-state index contributed by atoms with van der Waals surface area (Å²) in [5.41, 5.74) is 12.3. The Labute approximate surface area is 377 Å². The number of nitrogens with zero attached hydrogens (tertiary/aromatic N) is 7. The van der Waals surface area contributed by atoms with Crippen molar-refractivity contribution in [1.82, 2.24) is 39.0 Å². The van der Waals surface area contributed by atoms with E-state index in [2.05, 4.69) is 19.9 Å². The van der Waals surface area contributed by atoms with E-state index in [0.717, 1.165) is 50.4 Å². The highest BCUT2D eigenvalue weighted by Crippen LogP contribution is 2.39. The Morgan fingerprint density at radius 1 is 0.688 bits per heavy atom. The minimum Gasteiger partial charge on any atom is -0.497 e. The molecule has 0 bridgehead atoms. The molecular weight excluding hydrogens is 853 g/mol. The van der Waals surface area contributed by atoms with Crippen molar-refractivity contribution in [1.29, 1.82) is 5.41 Å². The molecular formula is C46H46N10O6S2. The Morgan fingerprint density at radius 3 is 1.80 bits per heavy atom. The molecule has 0 atom stereocenters. The Kier molecular flexibility index (Phi) is 14.3. The molecule has 8 aromatic rings. The zero-order chi connectivity index (χ0) is 45.3. The number of nitrogens with one attached hydrogen (secondary N) is 2. The van der Waals surface area contributed by atoms with Crippen LogP contribution >= 0.6 is 23.5 Å². The molecule has 4 aromatic carbocycles. The van der Waals surface area contributed by atoms with Crippen molar-refractivity contribution in [2.24, 2.45) is 0 Å². The molecule has 0 amide bonds. The van der Waals surface area contributed by atoms with E-state index in [0.29, 0.717) is 69.0 Å². The first-order valence-corrected chi connectivity index (χ1v) is 21.6. The van der Waals surface area contributed by atoms with Crippen LogP contribution in [-0.2, 0) is 25.9 Å². The van der Waals surface area contributed by atoms with Crippen LogP contribution in [0.3, 0.4) is 0 Å². The highest BCUT2D eigenvalue weighted by molar-refractivity contribution is 7.99. The summed E-state index contributed by atoms with van der Waals surface area (Å²) in [6, 6.07) is 26.4. The number of aromatic nitrogens is 8. The minimum absolute atomic E-state index is 0.0512. The monoisotopic (exact) mass is 898 g/mol. The second-order valence-electron chi connectivity index (χ2n) is 14.2. The van der Waals surface area contributed by atoms with Crippen molar-refractivity contribution < 1.29 is 28.5 Å². The molecule has 328 valence electrons. The van der Waals surface area contributed by atoms with Gasteiger partial charge in [-0.15, -0.1) is 0 Å². The summed E-state index contributed by atoms with van der Waals surface area (Å²) in [7, 11) is 6.49. The average Bonchev–Trinajstić information content (AvgIpc) is 3.90. The van der Waals surface area contributed by atoms with Gasteiger partial charge in [-0.05, 0) is 97.7 Å². The van der Waals surface area contributed by atoms with Crippen LogP contribution in [0.5, 0.6) is 23.0 Å². The lowest BCUT2D eigenvalue weighted by Crippen LogP contribution is -2.13. The van der Waals surface area contributed by atoms with E-state index in [1.54, 1.807) is 48.6 Å². The summed E-state index contributed by atoms with van der Waals surface area (Å²) in [5.74, 6) is 3.31. The van der Waals surface area contributed by atoms with Gasteiger partial charge in [0.05, 0.1) is 44.6 Å². The van der Waals surface area contributed by atoms with Crippen LogP contribution in [0.15, 0.2) is 118 Å². The van der Waals surface area contributed by atoms with Gasteiger partial charge in [0.15, 0.2) is 50.0 Å². The number of ether oxygens (including phenoxy) is 4. The zero-order valence-electron chi connectivity index (χ0n) is 36.0. The van der Waals surface area contributed by atoms with Crippen LogP contribution in [-0.4, -0.2) is 79.0 Å². The maximum Gasteiger partial charge on any atom is 0.175 e. The highest BCUT2D eigenvalue weighted by atomic mass is 32.2. The van der Waals surface area contributed by atoms with Gasteiger partial charge in [-0.1, -0.05) is 48.5 Å². The van der Waals surface area contributed by atoms with E-state index in [9.17, 15) is 9.59 Å². The van der Waals surface area contributed by atoms with Gasteiger partial charge in [-0.2, -0.15) is 0 Å². The maximum absolute atomic E-state index is 11.5. The quantitative estimate of drug-likeness (QED) is 0.0788. The van der Waals surface area contributed by atoms with Crippen LogP contribution < -0.4 is 30.2 Å². The second kappa shape index (κ2) is 20.3. The predicted octanol–water partition coefficient (Wildman–Crippen LogP) is 7.87. The molecule has 0 fully saturated rings. The minimum atomic E-state index is 0.0512. The molecule has 8 rings (SSSR count). The fourth-order valence-corrected chi connectivity index (χ4v) is 8.59. The van der Waals surface area contributed by atoms with Gasteiger partial charge in [0.25, 0.3) is 0 Å². The highest BCUT2D eigenvalue weighted by Gasteiger charge is 2.19. The molecule has 4 aromatic heterocycles. The van der Waals surface area contributed by atoms with Gasteiger partial charge >= 0.3 is 0 Å². The molecule has 4 N–H and O–H groups in total. The van der Waals surface area contributed by atoms with E-state index < -0.39 is 0 Å². The maximum atomic E-state index is 11.5. The Hall–Kier alpha value is -7.18. The van der Waals surface area contributed by atoms with Gasteiger partial charge in [0.2, 0.25) is 0 Å². The summed E-state index contributed by atoms with van der Waals surface area (Å²) in [5, 5.41) is 9.53. The lowest BCUT2D eigenvalue weighted by atomic mass is 10.1. The van der Waals surface area contributed by atoms with Crippen molar-refractivity contribution in [3.63, 3.8) is 0 Å². The summed E-state index contributed by atoms with van der Waals surface area (Å²) in [6.45, 7) is 4.39. The molecule has 64 heavy (non-hydrogen) atoms. The lowest BCUT2D eigenvalue weighted by Gasteiger charge is -2.12. The SMILES string of the molecule is COc1ccc(OC)c(Sc2nc3c(N)ncnc3n2CCc2ccc(C(C)=O)cc2)c1.COc1ccc(OC)c(Sc2nc3c([nH]2)c(=N)ncn3CCc2ccc(C(C)=O)cc2)c1.